The van der Waals surface area contributed by atoms with E-state index in [2.05, 4.69) is 5.32 Å². The first kappa shape index (κ1) is 13.9. The monoisotopic (exact) mass is 262 g/mol. The van der Waals surface area contributed by atoms with E-state index in [0.717, 1.165) is 24.9 Å². The number of piperidine rings is 1. The van der Waals surface area contributed by atoms with Crippen LogP contribution in [0.25, 0.3) is 0 Å². The highest BCUT2D eigenvalue weighted by molar-refractivity contribution is 5.74. The highest BCUT2D eigenvalue weighted by atomic mass is 16.3. The molecular formula is C15H22N2O2. The maximum Gasteiger partial charge on any atom is 0.317 e. The summed E-state index contributed by atoms with van der Waals surface area (Å²) in [6.45, 7) is 5.18. The van der Waals surface area contributed by atoms with Gasteiger partial charge in [0.2, 0.25) is 0 Å². The van der Waals surface area contributed by atoms with Crippen LogP contribution < -0.4 is 5.32 Å². The Morgan fingerprint density at radius 3 is 2.74 bits per heavy atom. The number of aliphatic hydroxyl groups excluding tert-OH is 1. The van der Waals surface area contributed by atoms with Crippen molar-refractivity contribution < 1.29 is 9.90 Å². The lowest BCUT2D eigenvalue weighted by Gasteiger charge is -2.31. The Morgan fingerprint density at radius 1 is 1.42 bits per heavy atom. The van der Waals surface area contributed by atoms with Crippen molar-refractivity contribution in [1.82, 2.24) is 10.2 Å². The van der Waals surface area contributed by atoms with Crippen molar-refractivity contribution in [3.63, 3.8) is 0 Å². The summed E-state index contributed by atoms with van der Waals surface area (Å²) in [5.74, 6) is 0. The molecule has 0 bridgehead atoms. The van der Waals surface area contributed by atoms with Crippen LogP contribution in [-0.4, -0.2) is 35.2 Å². The van der Waals surface area contributed by atoms with Crippen LogP contribution in [0.2, 0.25) is 0 Å². The number of nitrogens with zero attached hydrogens (tertiary/aromatic N) is 1. The zero-order valence-electron chi connectivity index (χ0n) is 11.6. The van der Waals surface area contributed by atoms with E-state index < -0.39 is 0 Å². The lowest BCUT2D eigenvalue weighted by atomic mass is 10.1. The highest BCUT2D eigenvalue weighted by Gasteiger charge is 2.23. The summed E-state index contributed by atoms with van der Waals surface area (Å²) in [4.78, 5) is 13.8. The van der Waals surface area contributed by atoms with Crippen molar-refractivity contribution in [2.45, 2.75) is 38.8 Å². The van der Waals surface area contributed by atoms with Gasteiger partial charge in [0.05, 0.1) is 12.1 Å². The minimum atomic E-state index is -0.380. The molecule has 0 saturated carbocycles. The van der Waals surface area contributed by atoms with Crippen molar-refractivity contribution in [3.05, 3.63) is 35.4 Å². The first-order valence-corrected chi connectivity index (χ1v) is 6.86. The topological polar surface area (TPSA) is 52.6 Å². The lowest BCUT2D eigenvalue weighted by molar-refractivity contribution is 0.0835. The summed E-state index contributed by atoms with van der Waals surface area (Å²) in [5, 5.41) is 12.6. The number of urea groups is 1. The first-order chi connectivity index (χ1) is 9.06. The number of nitrogens with one attached hydrogen (secondary N) is 1. The maximum absolute atomic E-state index is 12.1. The number of hydrogen-bond acceptors (Lipinski definition) is 2. The molecule has 1 aliphatic rings. The standard InChI is InChI=1S/C15H22N2O2/c1-11-5-7-13(8-6-11)12(2)16-15(19)17-9-3-4-14(18)10-17/h5-8,12,14,18H,3-4,9-10H2,1-2H3,(H,16,19). The van der Waals surface area contributed by atoms with Crippen molar-refractivity contribution in [2.75, 3.05) is 13.1 Å². The molecule has 4 nitrogen and oxygen atoms in total. The van der Waals surface area contributed by atoms with Crippen LogP contribution in [0.3, 0.4) is 0 Å². The molecule has 2 N–H and O–H groups in total. The summed E-state index contributed by atoms with van der Waals surface area (Å²) in [5.41, 5.74) is 2.30. The second-order valence-electron chi connectivity index (χ2n) is 5.32. The normalized spacial score (nSPS) is 21.0. The summed E-state index contributed by atoms with van der Waals surface area (Å²) >= 11 is 0. The van der Waals surface area contributed by atoms with Crippen LogP contribution in [0.5, 0.6) is 0 Å². The molecule has 1 saturated heterocycles. The fourth-order valence-corrected chi connectivity index (χ4v) is 2.35. The second-order valence-corrected chi connectivity index (χ2v) is 5.32. The summed E-state index contributed by atoms with van der Waals surface area (Å²) in [6, 6.07) is 8.04. The predicted octanol–water partition coefficient (Wildman–Crippen LogP) is 2.22. The number of rotatable bonds is 2. The zero-order valence-corrected chi connectivity index (χ0v) is 11.6. The first-order valence-electron chi connectivity index (χ1n) is 6.86. The molecule has 2 unspecified atom stereocenters. The molecule has 2 atom stereocenters. The van der Waals surface area contributed by atoms with E-state index in [0.29, 0.717) is 6.54 Å². The number of amides is 2. The van der Waals surface area contributed by atoms with Crippen LogP contribution in [0.4, 0.5) is 4.79 Å². The van der Waals surface area contributed by atoms with Crippen LogP contribution in [0.1, 0.15) is 36.9 Å². The molecule has 1 aliphatic heterocycles. The Labute approximate surface area is 114 Å². The van der Waals surface area contributed by atoms with Gasteiger partial charge in [-0.2, -0.15) is 0 Å². The smallest absolute Gasteiger partial charge is 0.317 e. The van der Waals surface area contributed by atoms with Gasteiger partial charge in [-0.25, -0.2) is 4.79 Å². The molecule has 0 aliphatic carbocycles. The van der Waals surface area contributed by atoms with Crippen molar-refractivity contribution in [1.29, 1.82) is 0 Å². The van der Waals surface area contributed by atoms with Gasteiger partial charge >= 0.3 is 6.03 Å². The van der Waals surface area contributed by atoms with Gasteiger partial charge in [-0.05, 0) is 32.3 Å². The summed E-state index contributed by atoms with van der Waals surface area (Å²) in [7, 11) is 0. The van der Waals surface area contributed by atoms with Gasteiger partial charge in [0.15, 0.2) is 0 Å². The number of likely N-dealkylation sites (tertiary alicyclic amines) is 1. The van der Waals surface area contributed by atoms with Crippen LogP contribution in [-0.2, 0) is 0 Å². The summed E-state index contributed by atoms with van der Waals surface area (Å²) in [6.07, 6.45) is 1.28. The maximum atomic E-state index is 12.1. The van der Waals surface area contributed by atoms with Gasteiger partial charge in [0.25, 0.3) is 0 Å². The molecule has 1 heterocycles. The third kappa shape index (κ3) is 3.70. The molecule has 2 amide bonds. The molecule has 0 spiro atoms. The number of carbonyl (C=O) groups is 1. The second kappa shape index (κ2) is 6.06. The van der Waals surface area contributed by atoms with Gasteiger partial charge < -0.3 is 15.3 Å². The minimum absolute atomic E-state index is 0.0211. The minimum Gasteiger partial charge on any atom is -0.391 e. The van der Waals surface area contributed by atoms with Crippen LogP contribution >= 0.6 is 0 Å². The van der Waals surface area contributed by atoms with E-state index in [1.165, 1.54) is 5.56 Å². The highest BCUT2D eigenvalue weighted by Crippen LogP contribution is 2.15. The molecule has 1 aromatic carbocycles. The third-order valence-electron chi connectivity index (χ3n) is 3.60. The molecule has 1 fully saturated rings. The van der Waals surface area contributed by atoms with Gasteiger partial charge in [0.1, 0.15) is 0 Å². The van der Waals surface area contributed by atoms with Crippen LogP contribution in [0.15, 0.2) is 24.3 Å². The van der Waals surface area contributed by atoms with E-state index in [1.807, 2.05) is 38.1 Å². The Bertz CT molecular complexity index is 430. The number of aliphatic hydroxyl groups is 1. The third-order valence-corrected chi connectivity index (χ3v) is 3.60. The van der Waals surface area contributed by atoms with E-state index in [1.54, 1.807) is 4.90 Å². The van der Waals surface area contributed by atoms with E-state index in [4.69, 9.17) is 0 Å². The van der Waals surface area contributed by atoms with Gasteiger partial charge in [-0.15, -0.1) is 0 Å². The Kier molecular flexibility index (Phi) is 4.43. The van der Waals surface area contributed by atoms with Gasteiger partial charge in [-0.1, -0.05) is 29.8 Å². The molecule has 4 heteroatoms. The van der Waals surface area contributed by atoms with E-state index >= 15 is 0 Å². The molecule has 0 aromatic heterocycles. The summed E-state index contributed by atoms with van der Waals surface area (Å²) < 4.78 is 0. The quantitative estimate of drug-likeness (QED) is 0.858. The van der Waals surface area contributed by atoms with Crippen molar-refractivity contribution >= 4 is 6.03 Å². The van der Waals surface area contributed by atoms with Gasteiger partial charge in [0, 0.05) is 13.1 Å². The zero-order chi connectivity index (χ0) is 13.8. The largest absolute Gasteiger partial charge is 0.391 e. The average Bonchev–Trinajstić information content (AvgIpc) is 2.39. The van der Waals surface area contributed by atoms with E-state index in [9.17, 15) is 9.90 Å². The number of aryl methyl sites for hydroxylation is 1. The Balaban J connectivity index is 1.92. The predicted molar refractivity (Wildman–Crippen MR) is 74.9 cm³/mol. The average molecular weight is 262 g/mol. The van der Waals surface area contributed by atoms with Gasteiger partial charge in [-0.3, -0.25) is 0 Å². The molecular weight excluding hydrogens is 240 g/mol. The Hall–Kier alpha value is -1.55. The molecule has 1 aromatic rings. The molecule has 2 rings (SSSR count). The number of carbonyl (C=O) groups excluding carboxylic acids is 1. The molecule has 104 valence electrons. The lowest BCUT2D eigenvalue weighted by Crippen LogP contribution is -2.47. The fraction of sp³-hybridized carbons (Fsp3) is 0.533. The SMILES string of the molecule is Cc1ccc(C(C)NC(=O)N2CCCC(O)C2)cc1. The van der Waals surface area contributed by atoms with Crippen molar-refractivity contribution in [3.8, 4) is 0 Å². The fourth-order valence-electron chi connectivity index (χ4n) is 2.35. The van der Waals surface area contributed by atoms with E-state index in [-0.39, 0.29) is 18.2 Å². The Morgan fingerprint density at radius 2 is 2.11 bits per heavy atom. The van der Waals surface area contributed by atoms with Crippen molar-refractivity contribution in [2.24, 2.45) is 0 Å². The number of benzene rings is 1. The molecule has 0 radical (unpaired) electrons. The number of hydrogen-bond donors (Lipinski definition) is 2. The van der Waals surface area contributed by atoms with Crippen LogP contribution in [0, 0.1) is 6.92 Å². The number of β-amino-alcohol motifs (C(OH)–C–C–N with tert-alkyl or cyclic N) is 1. The molecule has 19 heavy (non-hydrogen) atoms.